The quantitative estimate of drug-likeness (QED) is 0.480. The maximum absolute atomic E-state index is 13.5. The normalized spacial score (nSPS) is 27.4. The van der Waals surface area contributed by atoms with E-state index in [0.29, 0.717) is 5.92 Å². The van der Waals surface area contributed by atoms with Gasteiger partial charge in [0.05, 0.1) is 8.80 Å². The second kappa shape index (κ2) is 8.79. The molecule has 2 aliphatic rings. The lowest BCUT2D eigenvalue weighted by Crippen LogP contribution is -2.30. The first kappa shape index (κ1) is 19.1. The minimum Gasteiger partial charge on any atom is -0.204 e. The molecule has 0 N–H and O–H groups in total. The third-order valence-electron chi connectivity index (χ3n) is 6.94. The van der Waals surface area contributed by atoms with Crippen molar-refractivity contribution in [2.45, 2.75) is 88.8 Å². The van der Waals surface area contributed by atoms with Gasteiger partial charge in [-0.3, -0.25) is 0 Å². The fourth-order valence-corrected chi connectivity index (χ4v) is 8.72. The van der Waals surface area contributed by atoms with Crippen LogP contribution in [0.15, 0.2) is 18.2 Å². The highest BCUT2D eigenvalue weighted by Gasteiger charge is 2.33. The van der Waals surface area contributed by atoms with E-state index in [2.05, 4.69) is 13.8 Å². The van der Waals surface area contributed by atoms with Gasteiger partial charge in [-0.2, -0.15) is 0 Å². The van der Waals surface area contributed by atoms with Gasteiger partial charge in [-0.15, -0.1) is 0 Å². The molecule has 0 spiro atoms. The average Bonchev–Trinajstić information content (AvgIpc) is 2.64. The van der Waals surface area contributed by atoms with Gasteiger partial charge in [0.2, 0.25) is 0 Å². The molecule has 1 saturated heterocycles. The first-order chi connectivity index (χ1) is 12.1. The average molecular weight is 364 g/mol. The smallest absolute Gasteiger partial charge is 0.159 e. The minimum absolute atomic E-state index is 0.0977. The van der Waals surface area contributed by atoms with Crippen LogP contribution in [0.1, 0.15) is 76.7 Å². The van der Waals surface area contributed by atoms with E-state index in [4.69, 9.17) is 0 Å². The zero-order valence-corrected chi connectivity index (χ0v) is 16.9. The van der Waals surface area contributed by atoms with Gasteiger partial charge in [-0.1, -0.05) is 57.7 Å². The number of hydrogen-bond donors (Lipinski definition) is 0. The van der Waals surface area contributed by atoms with Crippen molar-refractivity contribution in [3.63, 3.8) is 0 Å². The molecule has 1 aromatic carbocycles. The minimum atomic E-state index is -0.727. The maximum Gasteiger partial charge on any atom is 0.159 e. The molecule has 1 unspecified atom stereocenters. The van der Waals surface area contributed by atoms with Gasteiger partial charge >= 0.3 is 0 Å². The van der Waals surface area contributed by atoms with E-state index >= 15 is 0 Å². The number of hydrogen-bond acceptors (Lipinski definition) is 0. The first-order valence-electron chi connectivity index (χ1n) is 10.4. The van der Waals surface area contributed by atoms with Crippen molar-refractivity contribution >= 4 is 8.80 Å². The van der Waals surface area contributed by atoms with Crippen molar-refractivity contribution in [1.82, 2.24) is 0 Å². The van der Waals surface area contributed by atoms with Crippen LogP contribution in [-0.4, -0.2) is 8.80 Å². The lowest BCUT2D eigenvalue weighted by Gasteiger charge is -2.38. The summed E-state index contributed by atoms with van der Waals surface area (Å²) in [5.74, 6) is 0.830. The Balaban J connectivity index is 1.47. The topological polar surface area (TPSA) is 0 Å². The Morgan fingerprint density at radius 2 is 1.60 bits per heavy atom. The predicted molar refractivity (Wildman–Crippen MR) is 103 cm³/mol. The molecule has 1 aromatic rings. The Hall–Kier alpha value is -0.703. The fourth-order valence-electron chi connectivity index (χ4n) is 5.30. The van der Waals surface area contributed by atoms with Crippen LogP contribution in [0.5, 0.6) is 0 Å². The molecule has 0 bridgehead atoms. The summed E-state index contributed by atoms with van der Waals surface area (Å²) in [5, 5.41) is 0. The van der Waals surface area contributed by atoms with Gasteiger partial charge in [0.1, 0.15) is 0 Å². The Morgan fingerprint density at radius 1 is 0.960 bits per heavy atom. The van der Waals surface area contributed by atoms with E-state index in [0.717, 1.165) is 35.8 Å². The van der Waals surface area contributed by atoms with E-state index in [9.17, 15) is 8.78 Å². The summed E-state index contributed by atoms with van der Waals surface area (Å²) in [7, 11) is -0.0977. The maximum atomic E-state index is 13.5. The molecule has 25 heavy (non-hydrogen) atoms. The molecule has 1 atom stereocenters. The Kier molecular flexibility index (Phi) is 6.71. The number of halogens is 2. The fraction of sp³-hybridized carbons (Fsp3) is 0.727. The number of benzene rings is 1. The summed E-state index contributed by atoms with van der Waals surface area (Å²) in [4.78, 5) is 0. The van der Waals surface area contributed by atoms with Crippen LogP contribution in [0.4, 0.5) is 8.78 Å². The van der Waals surface area contributed by atoms with E-state index in [1.165, 1.54) is 62.7 Å². The molecule has 0 nitrogen and oxygen atoms in total. The molecule has 0 aromatic heterocycles. The lowest BCUT2D eigenvalue weighted by atomic mass is 9.72. The zero-order chi connectivity index (χ0) is 17.8. The van der Waals surface area contributed by atoms with Crippen LogP contribution >= 0.6 is 0 Å². The highest BCUT2D eigenvalue weighted by Crippen LogP contribution is 2.44. The monoisotopic (exact) mass is 363 g/mol. The van der Waals surface area contributed by atoms with Crippen molar-refractivity contribution in [2.24, 2.45) is 11.8 Å². The van der Waals surface area contributed by atoms with E-state index < -0.39 is 11.6 Å². The summed E-state index contributed by atoms with van der Waals surface area (Å²) >= 11 is 0. The van der Waals surface area contributed by atoms with Crippen molar-refractivity contribution in [3.8, 4) is 0 Å². The Bertz CT molecular complexity index is 543. The van der Waals surface area contributed by atoms with Crippen LogP contribution in [-0.2, 0) is 0 Å². The molecular formula is C22H33F2Si. The Labute approximate surface area is 154 Å². The van der Waals surface area contributed by atoms with Crippen molar-refractivity contribution < 1.29 is 8.78 Å². The van der Waals surface area contributed by atoms with Crippen LogP contribution in [0.25, 0.3) is 0 Å². The molecule has 0 amide bonds. The zero-order valence-electron chi connectivity index (χ0n) is 15.9. The SMILES string of the molecule is CCCC(C)[Si]1CCC(C2CCC(c3ccc(F)c(F)c3)CC2)CC1. The van der Waals surface area contributed by atoms with Crippen molar-refractivity contribution in [2.75, 3.05) is 0 Å². The predicted octanol–water partition coefficient (Wildman–Crippen LogP) is 7.33. The molecule has 3 heteroatoms. The number of rotatable bonds is 5. The molecule has 139 valence electrons. The molecule has 1 radical (unpaired) electrons. The van der Waals surface area contributed by atoms with Crippen molar-refractivity contribution in [3.05, 3.63) is 35.4 Å². The second-order valence-corrected chi connectivity index (χ2v) is 11.8. The lowest BCUT2D eigenvalue weighted by molar-refractivity contribution is 0.215. The summed E-state index contributed by atoms with van der Waals surface area (Å²) in [6.45, 7) is 4.81. The standard InChI is InChI=1S/C22H33F2Si/c1-3-4-16(2)25-13-11-19(12-14-25)17-5-7-18(8-6-17)20-9-10-21(23)22(24)15-20/h9-10,15-19H,3-8,11-14H2,1-2H3. The molecule has 1 saturated carbocycles. The molecular weight excluding hydrogens is 330 g/mol. The molecule has 3 rings (SSSR count). The second-order valence-electron chi connectivity index (χ2n) is 8.47. The summed E-state index contributed by atoms with van der Waals surface area (Å²) in [5.41, 5.74) is 2.00. The van der Waals surface area contributed by atoms with Gasteiger partial charge in [0, 0.05) is 0 Å². The van der Waals surface area contributed by atoms with Crippen LogP contribution in [0.2, 0.25) is 17.6 Å². The van der Waals surface area contributed by atoms with E-state index in [-0.39, 0.29) is 8.80 Å². The van der Waals surface area contributed by atoms with Crippen molar-refractivity contribution in [1.29, 1.82) is 0 Å². The van der Waals surface area contributed by atoms with Gasteiger partial charge in [-0.05, 0) is 66.7 Å². The van der Waals surface area contributed by atoms with E-state index in [1.54, 1.807) is 6.07 Å². The molecule has 2 fully saturated rings. The van der Waals surface area contributed by atoms with Gasteiger partial charge in [0.15, 0.2) is 11.6 Å². The van der Waals surface area contributed by atoms with Gasteiger partial charge < -0.3 is 0 Å². The molecule has 1 aliphatic heterocycles. The van der Waals surface area contributed by atoms with Crippen LogP contribution < -0.4 is 0 Å². The third kappa shape index (κ3) is 4.72. The van der Waals surface area contributed by atoms with Crippen LogP contribution in [0, 0.1) is 23.5 Å². The van der Waals surface area contributed by atoms with Gasteiger partial charge in [-0.25, -0.2) is 8.78 Å². The molecule has 1 heterocycles. The van der Waals surface area contributed by atoms with E-state index in [1.807, 2.05) is 0 Å². The molecule has 1 aliphatic carbocycles. The largest absolute Gasteiger partial charge is 0.204 e. The third-order valence-corrected chi connectivity index (χ3v) is 10.5. The highest BCUT2D eigenvalue weighted by atomic mass is 28.3. The Morgan fingerprint density at radius 3 is 2.20 bits per heavy atom. The summed E-state index contributed by atoms with van der Waals surface area (Å²) in [6, 6.07) is 7.55. The van der Waals surface area contributed by atoms with Crippen LogP contribution in [0.3, 0.4) is 0 Å². The first-order valence-corrected chi connectivity index (χ1v) is 12.4. The van der Waals surface area contributed by atoms with Gasteiger partial charge in [0.25, 0.3) is 0 Å². The highest BCUT2D eigenvalue weighted by molar-refractivity contribution is 6.60. The summed E-state index contributed by atoms with van der Waals surface area (Å²) < 4.78 is 26.6. The summed E-state index contributed by atoms with van der Waals surface area (Å²) in [6.07, 6.45) is 10.5.